The summed E-state index contributed by atoms with van der Waals surface area (Å²) in [7, 11) is 0. The lowest BCUT2D eigenvalue weighted by Gasteiger charge is -2.23. The molecule has 12 heteroatoms. The minimum absolute atomic E-state index is 0.00326. The smallest absolute Gasteiger partial charge is 0.226 e. The number of benzene rings is 1. The number of hydrogen-bond acceptors (Lipinski definition) is 7. The number of ether oxygens (including phenoxy) is 2. The Balaban J connectivity index is 1.46. The molecular formula is C21H21F3N6O3. The predicted molar refractivity (Wildman–Crippen MR) is 111 cm³/mol. The van der Waals surface area contributed by atoms with Gasteiger partial charge in [0, 0.05) is 25.1 Å². The van der Waals surface area contributed by atoms with Gasteiger partial charge in [-0.25, -0.2) is 13.2 Å². The highest BCUT2D eigenvalue weighted by Gasteiger charge is 2.22. The van der Waals surface area contributed by atoms with E-state index in [1.54, 1.807) is 6.07 Å². The van der Waals surface area contributed by atoms with Crippen LogP contribution in [0.3, 0.4) is 0 Å². The second-order valence-electron chi connectivity index (χ2n) is 7.34. The van der Waals surface area contributed by atoms with Crippen molar-refractivity contribution >= 4 is 11.7 Å². The zero-order chi connectivity index (χ0) is 23.2. The number of nitrogens with zero attached hydrogens (tertiary/aromatic N) is 3. The standard InChI is InChI=1S/C21H21F3N6O3/c22-15-7-12(8-16(23)18(15)24)1-2-17(31)28-21-20(33-11-14-10-25-5-6-32-14)19(29-30-21)13-3-4-26-27-9-13/h3-4,7-9,14,25H,1-2,5-6,10-11H2,(H2,28,29,30,31). The first-order chi connectivity index (χ1) is 16.0. The number of carbonyl (C=O) groups is 1. The number of hydrogen-bond donors (Lipinski definition) is 3. The largest absolute Gasteiger partial charge is 0.485 e. The van der Waals surface area contributed by atoms with Gasteiger partial charge in [-0.1, -0.05) is 0 Å². The molecule has 0 aliphatic carbocycles. The average Bonchev–Trinajstić information content (AvgIpc) is 3.23. The average molecular weight is 462 g/mol. The SMILES string of the molecule is O=C(CCc1cc(F)c(F)c(F)c1)Nc1n[nH]c(-c2ccnnc2)c1OCC1CNCCO1. The van der Waals surface area contributed by atoms with Crippen LogP contribution < -0.4 is 15.4 Å². The fraction of sp³-hybridized carbons (Fsp3) is 0.333. The molecule has 0 radical (unpaired) electrons. The summed E-state index contributed by atoms with van der Waals surface area (Å²) in [6.07, 6.45) is 2.74. The molecule has 3 aromatic rings. The highest BCUT2D eigenvalue weighted by Crippen LogP contribution is 2.34. The van der Waals surface area contributed by atoms with Gasteiger partial charge >= 0.3 is 0 Å². The highest BCUT2D eigenvalue weighted by atomic mass is 19.2. The Bertz CT molecular complexity index is 1080. The predicted octanol–water partition coefficient (Wildman–Crippen LogP) is 2.22. The first-order valence-electron chi connectivity index (χ1n) is 10.2. The van der Waals surface area contributed by atoms with E-state index in [1.807, 2.05) is 0 Å². The molecule has 1 saturated heterocycles. The Morgan fingerprint density at radius 3 is 2.76 bits per heavy atom. The lowest BCUT2D eigenvalue weighted by molar-refractivity contribution is -0.116. The molecule has 3 N–H and O–H groups in total. The van der Waals surface area contributed by atoms with E-state index in [4.69, 9.17) is 9.47 Å². The number of nitrogens with one attached hydrogen (secondary N) is 3. The van der Waals surface area contributed by atoms with Crippen molar-refractivity contribution in [2.45, 2.75) is 18.9 Å². The third kappa shape index (κ3) is 5.65. The summed E-state index contributed by atoms with van der Waals surface area (Å²) >= 11 is 0. The highest BCUT2D eigenvalue weighted by molar-refractivity contribution is 5.92. The van der Waals surface area contributed by atoms with Crippen LogP contribution in [-0.4, -0.2) is 58.7 Å². The summed E-state index contributed by atoms with van der Waals surface area (Å²) in [4.78, 5) is 12.5. The Kier molecular flexibility index (Phi) is 7.15. The van der Waals surface area contributed by atoms with E-state index in [-0.39, 0.29) is 36.9 Å². The Hall–Kier alpha value is -3.51. The second kappa shape index (κ2) is 10.4. The zero-order valence-electron chi connectivity index (χ0n) is 17.4. The van der Waals surface area contributed by atoms with Crippen molar-refractivity contribution in [3.63, 3.8) is 0 Å². The van der Waals surface area contributed by atoms with Crippen LogP contribution in [0.15, 0.2) is 30.6 Å². The molecule has 3 heterocycles. The van der Waals surface area contributed by atoms with Gasteiger partial charge in [-0.05, 0) is 30.2 Å². The minimum Gasteiger partial charge on any atom is -0.485 e. The number of aryl methyl sites for hydroxylation is 1. The first kappa shape index (κ1) is 22.7. The number of amides is 1. The third-order valence-corrected chi connectivity index (χ3v) is 4.95. The summed E-state index contributed by atoms with van der Waals surface area (Å²) in [5, 5.41) is 20.4. The molecular weight excluding hydrogens is 441 g/mol. The van der Waals surface area contributed by atoms with Gasteiger partial charge in [0.1, 0.15) is 18.4 Å². The number of aromatic nitrogens is 4. The van der Waals surface area contributed by atoms with Gasteiger partial charge in [0.2, 0.25) is 5.91 Å². The molecule has 1 amide bonds. The third-order valence-electron chi connectivity index (χ3n) is 4.95. The molecule has 1 unspecified atom stereocenters. The molecule has 9 nitrogen and oxygen atoms in total. The van der Waals surface area contributed by atoms with Crippen LogP contribution in [0, 0.1) is 17.5 Å². The number of aromatic amines is 1. The molecule has 1 aromatic carbocycles. The monoisotopic (exact) mass is 462 g/mol. The molecule has 0 spiro atoms. The van der Waals surface area contributed by atoms with Crippen molar-refractivity contribution < 1.29 is 27.4 Å². The molecule has 174 valence electrons. The maximum atomic E-state index is 13.4. The van der Waals surface area contributed by atoms with E-state index >= 15 is 0 Å². The molecule has 33 heavy (non-hydrogen) atoms. The summed E-state index contributed by atoms with van der Waals surface area (Å²) in [6.45, 7) is 2.17. The maximum Gasteiger partial charge on any atom is 0.226 e. The van der Waals surface area contributed by atoms with Gasteiger partial charge in [0.05, 0.1) is 19.0 Å². The number of halogens is 3. The fourth-order valence-electron chi connectivity index (χ4n) is 3.30. The molecule has 2 aromatic heterocycles. The van der Waals surface area contributed by atoms with Gasteiger partial charge in [-0.3, -0.25) is 9.89 Å². The first-order valence-corrected chi connectivity index (χ1v) is 10.2. The molecule has 0 bridgehead atoms. The fourth-order valence-corrected chi connectivity index (χ4v) is 3.30. The summed E-state index contributed by atoms with van der Waals surface area (Å²) in [5.74, 6) is -4.17. The van der Waals surface area contributed by atoms with Crippen LogP contribution in [0.5, 0.6) is 5.75 Å². The Labute approximate surface area is 186 Å². The van der Waals surface area contributed by atoms with Crippen molar-refractivity contribution in [3.8, 4) is 17.0 Å². The van der Waals surface area contributed by atoms with E-state index in [9.17, 15) is 18.0 Å². The van der Waals surface area contributed by atoms with E-state index in [2.05, 4.69) is 31.0 Å². The van der Waals surface area contributed by atoms with E-state index in [1.165, 1.54) is 12.4 Å². The van der Waals surface area contributed by atoms with Crippen LogP contribution in [0.25, 0.3) is 11.3 Å². The summed E-state index contributed by atoms with van der Waals surface area (Å²) in [6, 6.07) is 3.43. The molecule has 0 saturated carbocycles. The normalized spacial score (nSPS) is 15.9. The zero-order valence-corrected chi connectivity index (χ0v) is 17.4. The second-order valence-corrected chi connectivity index (χ2v) is 7.34. The summed E-state index contributed by atoms with van der Waals surface area (Å²) < 4.78 is 51.5. The van der Waals surface area contributed by atoms with Crippen LogP contribution in [0.4, 0.5) is 19.0 Å². The van der Waals surface area contributed by atoms with Crippen molar-refractivity contribution in [2.75, 3.05) is 31.6 Å². The summed E-state index contributed by atoms with van der Waals surface area (Å²) in [5.41, 5.74) is 1.30. The number of H-pyrrole nitrogens is 1. The van der Waals surface area contributed by atoms with Crippen LogP contribution in [0.2, 0.25) is 0 Å². The molecule has 1 atom stereocenters. The van der Waals surface area contributed by atoms with Gasteiger partial charge < -0.3 is 20.1 Å². The quantitative estimate of drug-likeness (QED) is 0.440. The molecule has 4 rings (SSSR count). The minimum atomic E-state index is -1.54. The Morgan fingerprint density at radius 2 is 2.06 bits per heavy atom. The number of carbonyl (C=O) groups excluding carboxylic acids is 1. The topological polar surface area (TPSA) is 114 Å². The van der Waals surface area contributed by atoms with Crippen molar-refractivity contribution in [3.05, 3.63) is 53.6 Å². The van der Waals surface area contributed by atoms with Crippen LogP contribution in [-0.2, 0) is 16.0 Å². The Morgan fingerprint density at radius 1 is 1.24 bits per heavy atom. The number of morpholine rings is 1. The van der Waals surface area contributed by atoms with Crippen LogP contribution in [0.1, 0.15) is 12.0 Å². The molecule has 1 aliphatic heterocycles. The number of anilines is 1. The number of rotatable bonds is 8. The van der Waals surface area contributed by atoms with Gasteiger partial charge in [-0.2, -0.15) is 15.3 Å². The molecule has 1 fully saturated rings. The van der Waals surface area contributed by atoms with Gasteiger partial charge in [-0.15, -0.1) is 0 Å². The lowest BCUT2D eigenvalue weighted by atomic mass is 10.1. The van der Waals surface area contributed by atoms with E-state index in [0.29, 0.717) is 30.2 Å². The van der Waals surface area contributed by atoms with Gasteiger partial charge in [0.25, 0.3) is 0 Å². The van der Waals surface area contributed by atoms with Crippen molar-refractivity contribution in [1.29, 1.82) is 0 Å². The maximum absolute atomic E-state index is 13.4. The van der Waals surface area contributed by atoms with Crippen molar-refractivity contribution in [1.82, 2.24) is 25.7 Å². The van der Waals surface area contributed by atoms with E-state index < -0.39 is 23.4 Å². The lowest BCUT2D eigenvalue weighted by Crippen LogP contribution is -2.41. The van der Waals surface area contributed by atoms with Crippen LogP contribution >= 0.6 is 0 Å². The molecule has 1 aliphatic rings. The van der Waals surface area contributed by atoms with Gasteiger partial charge in [0.15, 0.2) is 29.0 Å². The van der Waals surface area contributed by atoms with Crippen molar-refractivity contribution in [2.24, 2.45) is 0 Å². The van der Waals surface area contributed by atoms with E-state index in [0.717, 1.165) is 18.7 Å².